The summed E-state index contributed by atoms with van der Waals surface area (Å²) in [5.41, 5.74) is 15.5. The number of aromatic nitrogens is 4. The number of carbonyl (C=O) groups excluding carboxylic acids is 1. The Morgan fingerprint density at radius 2 is 2.03 bits per heavy atom. The van der Waals surface area contributed by atoms with Crippen molar-refractivity contribution in [1.82, 2.24) is 19.5 Å². The number of nitrogen functional groups attached to an aromatic ring is 1. The van der Waals surface area contributed by atoms with Gasteiger partial charge in [0.25, 0.3) is 0 Å². The van der Waals surface area contributed by atoms with E-state index in [0.717, 1.165) is 36.1 Å². The van der Waals surface area contributed by atoms with Crippen LogP contribution in [0, 0.1) is 0 Å². The number of benzene rings is 1. The number of aromatic hydroxyl groups is 1. The highest BCUT2D eigenvalue weighted by molar-refractivity contribution is 6.04. The SMILES string of the molecule is CCCCc1nc2c(N)nc3cccnc3c2n1CCC(C(N)=O)c1cccc(O)c1. The van der Waals surface area contributed by atoms with E-state index in [0.29, 0.717) is 35.4 Å². The van der Waals surface area contributed by atoms with Crippen molar-refractivity contribution >= 4 is 33.8 Å². The van der Waals surface area contributed by atoms with Crippen LogP contribution in [-0.4, -0.2) is 30.5 Å². The highest BCUT2D eigenvalue weighted by Gasteiger charge is 2.22. The first-order chi connectivity index (χ1) is 15.0. The van der Waals surface area contributed by atoms with Gasteiger partial charge in [0.15, 0.2) is 5.82 Å². The Hall–Kier alpha value is -3.68. The average molecular weight is 419 g/mol. The average Bonchev–Trinajstić information content (AvgIpc) is 3.12. The van der Waals surface area contributed by atoms with Crippen LogP contribution in [0.3, 0.4) is 0 Å². The van der Waals surface area contributed by atoms with E-state index in [2.05, 4.69) is 21.5 Å². The summed E-state index contributed by atoms with van der Waals surface area (Å²) < 4.78 is 2.09. The summed E-state index contributed by atoms with van der Waals surface area (Å²) >= 11 is 0. The molecule has 1 atom stereocenters. The number of hydrogen-bond donors (Lipinski definition) is 3. The van der Waals surface area contributed by atoms with E-state index in [-0.39, 0.29) is 5.75 Å². The van der Waals surface area contributed by atoms with Crippen molar-refractivity contribution in [2.45, 2.75) is 45.1 Å². The number of phenolic OH excluding ortho intramolecular Hbond substituents is 1. The third kappa shape index (κ3) is 4.01. The van der Waals surface area contributed by atoms with Crippen molar-refractivity contribution in [3.63, 3.8) is 0 Å². The Balaban J connectivity index is 1.80. The van der Waals surface area contributed by atoms with Crippen LogP contribution >= 0.6 is 0 Å². The molecular weight excluding hydrogens is 392 g/mol. The van der Waals surface area contributed by atoms with Gasteiger partial charge in [0.1, 0.15) is 28.1 Å². The zero-order valence-corrected chi connectivity index (χ0v) is 17.5. The van der Waals surface area contributed by atoms with E-state index >= 15 is 0 Å². The smallest absolute Gasteiger partial charge is 0.225 e. The van der Waals surface area contributed by atoms with Gasteiger partial charge in [-0.3, -0.25) is 9.78 Å². The molecule has 1 aromatic carbocycles. The van der Waals surface area contributed by atoms with Crippen LogP contribution < -0.4 is 11.5 Å². The van der Waals surface area contributed by atoms with Gasteiger partial charge >= 0.3 is 0 Å². The molecule has 0 radical (unpaired) electrons. The van der Waals surface area contributed by atoms with E-state index in [1.807, 2.05) is 12.1 Å². The molecule has 3 aromatic heterocycles. The van der Waals surface area contributed by atoms with Crippen molar-refractivity contribution in [3.8, 4) is 5.75 Å². The molecule has 0 aliphatic carbocycles. The summed E-state index contributed by atoms with van der Waals surface area (Å²) in [6, 6.07) is 10.4. The van der Waals surface area contributed by atoms with E-state index in [1.165, 1.54) is 0 Å². The molecule has 0 fully saturated rings. The molecule has 0 aliphatic rings. The van der Waals surface area contributed by atoms with Crippen LogP contribution in [0.15, 0.2) is 42.6 Å². The minimum Gasteiger partial charge on any atom is -0.508 e. The van der Waals surface area contributed by atoms with E-state index < -0.39 is 11.8 Å². The maximum atomic E-state index is 12.2. The van der Waals surface area contributed by atoms with Gasteiger partial charge in [0.2, 0.25) is 5.91 Å². The first kappa shape index (κ1) is 20.6. The molecule has 1 unspecified atom stereocenters. The lowest BCUT2D eigenvalue weighted by Crippen LogP contribution is -2.23. The number of primary amides is 1. The summed E-state index contributed by atoms with van der Waals surface area (Å²) in [6.45, 7) is 2.64. The van der Waals surface area contributed by atoms with Crippen molar-refractivity contribution < 1.29 is 9.90 Å². The number of imidazole rings is 1. The number of nitrogens with two attached hydrogens (primary N) is 2. The third-order valence-corrected chi connectivity index (χ3v) is 5.55. The summed E-state index contributed by atoms with van der Waals surface area (Å²) in [6.07, 6.45) is 4.98. The third-order valence-electron chi connectivity index (χ3n) is 5.55. The monoisotopic (exact) mass is 418 g/mol. The van der Waals surface area contributed by atoms with E-state index in [9.17, 15) is 9.90 Å². The summed E-state index contributed by atoms with van der Waals surface area (Å²) in [4.78, 5) is 26.0. The number of unbranched alkanes of at least 4 members (excludes halogenated alkanes) is 1. The normalized spacial score (nSPS) is 12.4. The number of amides is 1. The molecule has 5 N–H and O–H groups in total. The number of aryl methyl sites for hydroxylation is 2. The number of phenols is 1. The molecule has 4 aromatic rings. The summed E-state index contributed by atoms with van der Waals surface area (Å²) in [5, 5.41) is 9.83. The van der Waals surface area contributed by atoms with Crippen LogP contribution in [0.1, 0.15) is 43.5 Å². The predicted octanol–water partition coefficient (Wildman–Crippen LogP) is 3.27. The topological polar surface area (TPSA) is 133 Å². The standard InChI is InChI=1S/C23H26N6O2/c1-2-3-9-18-28-20-21(19-17(27-22(20)24)8-5-11-26-19)29(18)12-10-16(23(25)31)14-6-4-7-15(30)13-14/h4-8,11,13,16,30H,2-3,9-10,12H2,1H3,(H2,24,27)(H2,25,31). The van der Waals surface area contributed by atoms with Gasteiger partial charge < -0.3 is 21.1 Å². The first-order valence-corrected chi connectivity index (χ1v) is 10.5. The molecule has 3 heterocycles. The van der Waals surface area contributed by atoms with Crippen molar-refractivity contribution in [1.29, 1.82) is 0 Å². The lowest BCUT2D eigenvalue weighted by atomic mass is 9.94. The number of anilines is 1. The maximum absolute atomic E-state index is 12.2. The lowest BCUT2D eigenvalue weighted by Gasteiger charge is -2.16. The predicted molar refractivity (Wildman–Crippen MR) is 121 cm³/mol. The first-order valence-electron chi connectivity index (χ1n) is 10.5. The van der Waals surface area contributed by atoms with Gasteiger partial charge in [-0.25, -0.2) is 9.97 Å². The molecule has 8 nitrogen and oxygen atoms in total. The molecular formula is C23H26N6O2. The zero-order chi connectivity index (χ0) is 22.0. The summed E-state index contributed by atoms with van der Waals surface area (Å²) in [7, 11) is 0. The quantitative estimate of drug-likeness (QED) is 0.402. The van der Waals surface area contributed by atoms with Gasteiger partial charge in [-0.1, -0.05) is 25.5 Å². The van der Waals surface area contributed by atoms with E-state index in [1.54, 1.807) is 30.5 Å². The number of hydrogen-bond acceptors (Lipinski definition) is 6. The van der Waals surface area contributed by atoms with Crippen molar-refractivity contribution in [2.24, 2.45) is 5.73 Å². The Kier molecular flexibility index (Phi) is 5.70. The molecule has 1 amide bonds. The van der Waals surface area contributed by atoms with E-state index in [4.69, 9.17) is 16.5 Å². The van der Waals surface area contributed by atoms with Crippen molar-refractivity contribution in [3.05, 3.63) is 54.0 Å². The number of nitrogens with zero attached hydrogens (tertiary/aromatic N) is 4. The molecule has 160 valence electrons. The highest BCUT2D eigenvalue weighted by Crippen LogP contribution is 2.30. The second-order valence-corrected chi connectivity index (χ2v) is 7.69. The Bertz CT molecular complexity index is 1250. The van der Waals surface area contributed by atoms with Gasteiger partial charge in [-0.2, -0.15) is 0 Å². The molecule has 0 spiro atoms. The lowest BCUT2D eigenvalue weighted by molar-refractivity contribution is -0.119. The second kappa shape index (κ2) is 8.59. The highest BCUT2D eigenvalue weighted by atomic mass is 16.3. The number of carbonyl (C=O) groups is 1. The summed E-state index contributed by atoms with van der Waals surface area (Å²) in [5.74, 6) is 0.389. The van der Waals surface area contributed by atoms with Crippen LogP contribution in [0.2, 0.25) is 0 Å². The molecule has 0 aliphatic heterocycles. The molecule has 0 bridgehead atoms. The largest absolute Gasteiger partial charge is 0.508 e. The maximum Gasteiger partial charge on any atom is 0.225 e. The zero-order valence-electron chi connectivity index (χ0n) is 17.5. The van der Waals surface area contributed by atoms with Crippen LogP contribution in [0.4, 0.5) is 5.82 Å². The Morgan fingerprint density at radius 1 is 1.19 bits per heavy atom. The molecule has 31 heavy (non-hydrogen) atoms. The molecule has 8 heteroatoms. The second-order valence-electron chi connectivity index (χ2n) is 7.69. The molecule has 0 saturated carbocycles. The Labute approximate surface area is 179 Å². The molecule has 0 saturated heterocycles. The fourth-order valence-corrected chi connectivity index (χ4v) is 4.01. The van der Waals surface area contributed by atoms with Gasteiger partial charge in [0.05, 0.1) is 11.4 Å². The fraction of sp³-hybridized carbons (Fsp3) is 0.304. The minimum atomic E-state index is -0.540. The number of fused-ring (bicyclic) bond motifs is 3. The Morgan fingerprint density at radius 3 is 2.77 bits per heavy atom. The fourth-order valence-electron chi connectivity index (χ4n) is 4.01. The van der Waals surface area contributed by atoms with Crippen LogP contribution in [-0.2, 0) is 17.8 Å². The van der Waals surface area contributed by atoms with Gasteiger partial charge in [-0.15, -0.1) is 0 Å². The van der Waals surface area contributed by atoms with Crippen LogP contribution in [0.25, 0.3) is 22.1 Å². The minimum absolute atomic E-state index is 0.106. The molecule has 4 rings (SSSR count). The van der Waals surface area contributed by atoms with Gasteiger partial charge in [-0.05, 0) is 42.7 Å². The van der Waals surface area contributed by atoms with Crippen molar-refractivity contribution in [2.75, 3.05) is 5.73 Å². The number of rotatable bonds is 8. The van der Waals surface area contributed by atoms with Crippen LogP contribution in [0.5, 0.6) is 5.75 Å². The number of pyridine rings is 2. The van der Waals surface area contributed by atoms with Gasteiger partial charge in [0, 0.05) is 19.2 Å².